The van der Waals surface area contributed by atoms with Crippen LogP contribution in [0.2, 0.25) is 0 Å². The molecule has 0 fully saturated rings. The number of alkyl halides is 3. The van der Waals surface area contributed by atoms with Crippen LogP contribution in [-0.2, 0) is 4.79 Å². The topological polar surface area (TPSA) is 55.1 Å². The fraction of sp³-hybridized carbons (Fsp3) is 0.300. The number of hydrogen-bond acceptors (Lipinski definition) is 2. The van der Waals surface area contributed by atoms with Gasteiger partial charge in [-0.3, -0.25) is 4.79 Å². The molecule has 0 heterocycles. The highest BCUT2D eigenvalue weighted by Gasteiger charge is 2.56. The van der Waals surface area contributed by atoms with Gasteiger partial charge in [0.1, 0.15) is 5.82 Å². The Kier molecular flexibility index (Phi) is 3.30. The van der Waals surface area contributed by atoms with E-state index in [9.17, 15) is 22.4 Å². The smallest absolute Gasteiger partial charge is 0.367 e. The number of nitrogens with two attached hydrogens (primary N) is 1. The number of benzene rings is 1. The van der Waals surface area contributed by atoms with Crippen molar-refractivity contribution in [1.29, 1.82) is 0 Å². The highest BCUT2D eigenvalue weighted by atomic mass is 19.4. The second-order valence-corrected chi connectivity index (χ2v) is 3.62. The van der Waals surface area contributed by atoms with Gasteiger partial charge in [0.15, 0.2) is 0 Å². The van der Waals surface area contributed by atoms with Gasteiger partial charge < -0.3 is 11.1 Å². The van der Waals surface area contributed by atoms with Gasteiger partial charge in [-0.25, -0.2) is 4.39 Å². The molecule has 0 saturated carbocycles. The van der Waals surface area contributed by atoms with Crippen LogP contribution in [0.4, 0.5) is 23.2 Å². The van der Waals surface area contributed by atoms with E-state index in [1.165, 1.54) is 0 Å². The maximum absolute atomic E-state index is 12.7. The lowest BCUT2D eigenvalue weighted by Gasteiger charge is -2.30. The molecule has 0 bridgehead atoms. The van der Waals surface area contributed by atoms with Crippen LogP contribution < -0.4 is 11.1 Å². The summed E-state index contributed by atoms with van der Waals surface area (Å²) in [5, 5.41) is 1.96. The van der Waals surface area contributed by atoms with E-state index < -0.39 is 23.4 Å². The number of hydrogen-bond donors (Lipinski definition) is 2. The Bertz CT molecular complexity index is 415. The molecule has 94 valence electrons. The van der Waals surface area contributed by atoms with Gasteiger partial charge in [0.2, 0.25) is 5.54 Å². The lowest BCUT2D eigenvalue weighted by Crippen LogP contribution is -2.58. The van der Waals surface area contributed by atoms with Crippen LogP contribution in [0.25, 0.3) is 0 Å². The lowest BCUT2D eigenvalue weighted by molar-refractivity contribution is -0.180. The van der Waals surface area contributed by atoms with Crippen molar-refractivity contribution in [1.82, 2.24) is 0 Å². The normalized spacial score (nSPS) is 15.1. The second kappa shape index (κ2) is 4.23. The highest BCUT2D eigenvalue weighted by molar-refractivity contribution is 5.88. The first kappa shape index (κ1) is 13.3. The molecule has 0 aliphatic rings. The average Bonchev–Trinajstić information content (AvgIpc) is 2.19. The van der Waals surface area contributed by atoms with Gasteiger partial charge in [0.05, 0.1) is 0 Å². The summed E-state index contributed by atoms with van der Waals surface area (Å²) in [6.45, 7) is 0.624. The predicted molar refractivity (Wildman–Crippen MR) is 53.7 cm³/mol. The Hall–Kier alpha value is -1.79. The Morgan fingerprint density at radius 1 is 1.24 bits per heavy atom. The fourth-order valence-electron chi connectivity index (χ4n) is 1.09. The van der Waals surface area contributed by atoms with Crippen molar-refractivity contribution in [2.45, 2.75) is 18.6 Å². The van der Waals surface area contributed by atoms with E-state index in [2.05, 4.69) is 0 Å². The minimum atomic E-state index is -4.85. The summed E-state index contributed by atoms with van der Waals surface area (Å²) in [4.78, 5) is 10.9. The maximum Gasteiger partial charge on any atom is 0.420 e. The maximum atomic E-state index is 12.7. The first-order valence-corrected chi connectivity index (χ1v) is 4.57. The van der Waals surface area contributed by atoms with Crippen molar-refractivity contribution < 1.29 is 22.4 Å². The monoisotopic (exact) mass is 250 g/mol. The summed E-state index contributed by atoms with van der Waals surface area (Å²) in [7, 11) is 0. The van der Waals surface area contributed by atoms with Gasteiger partial charge >= 0.3 is 6.18 Å². The molecule has 0 saturated heterocycles. The standard InChI is InChI=1S/C10H10F4N2O/c1-9(8(15)17,10(12,13)14)16-7-4-2-6(11)3-5-7/h2-5,16H,1H3,(H2,15,17). The summed E-state index contributed by atoms with van der Waals surface area (Å²) in [5.74, 6) is -2.15. The number of carbonyl (C=O) groups is 1. The van der Waals surface area contributed by atoms with Crippen molar-refractivity contribution in [3.63, 3.8) is 0 Å². The summed E-state index contributed by atoms with van der Waals surface area (Å²) >= 11 is 0. The number of carbonyl (C=O) groups excluding carboxylic acids is 1. The van der Waals surface area contributed by atoms with Gasteiger partial charge in [-0.2, -0.15) is 13.2 Å². The van der Waals surface area contributed by atoms with E-state index in [4.69, 9.17) is 5.73 Å². The van der Waals surface area contributed by atoms with E-state index in [1.54, 1.807) is 0 Å². The molecule has 1 aromatic carbocycles. The van der Waals surface area contributed by atoms with Gasteiger partial charge in [0.25, 0.3) is 5.91 Å². The molecule has 7 heteroatoms. The first-order valence-electron chi connectivity index (χ1n) is 4.57. The Balaban J connectivity index is 3.04. The zero-order chi connectivity index (χ0) is 13.3. The van der Waals surface area contributed by atoms with Crippen molar-refractivity contribution in [2.24, 2.45) is 5.73 Å². The van der Waals surface area contributed by atoms with Crippen LogP contribution in [-0.4, -0.2) is 17.6 Å². The molecule has 3 N–H and O–H groups in total. The number of rotatable bonds is 3. The van der Waals surface area contributed by atoms with Crippen LogP contribution in [0.5, 0.6) is 0 Å². The molecule has 1 amide bonds. The summed E-state index contributed by atoms with van der Waals surface area (Å²) in [6, 6.07) is 4.12. The number of nitrogens with one attached hydrogen (secondary N) is 1. The average molecular weight is 250 g/mol. The number of anilines is 1. The third-order valence-corrected chi connectivity index (χ3v) is 2.30. The van der Waals surface area contributed by atoms with Crippen LogP contribution in [0.15, 0.2) is 24.3 Å². The van der Waals surface area contributed by atoms with E-state index in [0.717, 1.165) is 24.3 Å². The van der Waals surface area contributed by atoms with Crippen molar-refractivity contribution in [3.8, 4) is 0 Å². The van der Waals surface area contributed by atoms with Crippen molar-refractivity contribution in [3.05, 3.63) is 30.1 Å². The van der Waals surface area contributed by atoms with E-state index >= 15 is 0 Å². The molecule has 1 aromatic rings. The molecule has 0 aliphatic heterocycles. The summed E-state index contributed by atoms with van der Waals surface area (Å²) < 4.78 is 50.6. The quantitative estimate of drug-likeness (QED) is 0.806. The number of halogens is 4. The SMILES string of the molecule is CC(Nc1ccc(F)cc1)(C(N)=O)C(F)(F)F. The highest BCUT2D eigenvalue weighted by Crippen LogP contribution is 2.33. The number of amides is 1. The Morgan fingerprint density at radius 3 is 2.06 bits per heavy atom. The third kappa shape index (κ3) is 2.66. The van der Waals surface area contributed by atoms with Gasteiger partial charge in [-0.05, 0) is 31.2 Å². The van der Waals surface area contributed by atoms with E-state index in [1.807, 2.05) is 5.32 Å². The van der Waals surface area contributed by atoms with Crippen LogP contribution in [0, 0.1) is 5.82 Å². The van der Waals surface area contributed by atoms with Gasteiger partial charge in [0, 0.05) is 5.69 Å². The summed E-state index contributed by atoms with van der Waals surface area (Å²) in [6.07, 6.45) is -4.85. The molecular weight excluding hydrogens is 240 g/mol. The predicted octanol–water partition coefficient (Wildman–Crippen LogP) is 2.04. The molecule has 0 spiro atoms. The third-order valence-electron chi connectivity index (χ3n) is 2.30. The zero-order valence-corrected chi connectivity index (χ0v) is 8.81. The minimum absolute atomic E-state index is 0.0509. The van der Waals surface area contributed by atoms with Crippen molar-refractivity contribution >= 4 is 11.6 Å². The molecule has 1 rings (SSSR count). The Morgan fingerprint density at radius 2 is 1.71 bits per heavy atom. The molecule has 1 atom stereocenters. The van der Waals surface area contributed by atoms with E-state index in [0.29, 0.717) is 6.92 Å². The molecule has 1 unspecified atom stereocenters. The fourth-order valence-corrected chi connectivity index (χ4v) is 1.09. The molecular formula is C10H10F4N2O. The first-order chi connectivity index (χ1) is 7.67. The molecule has 0 radical (unpaired) electrons. The van der Waals surface area contributed by atoms with Gasteiger partial charge in [-0.1, -0.05) is 0 Å². The van der Waals surface area contributed by atoms with Crippen LogP contribution >= 0.6 is 0 Å². The second-order valence-electron chi connectivity index (χ2n) is 3.62. The van der Waals surface area contributed by atoms with Crippen LogP contribution in [0.3, 0.4) is 0 Å². The zero-order valence-electron chi connectivity index (χ0n) is 8.81. The molecule has 0 aliphatic carbocycles. The minimum Gasteiger partial charge on any atom is -0.367 e. The number of primary amides is 1. The molecule has 0 aromatic heterocycles. The van der Waals surface area contributed by atoms with Crippen molar-refractivity contribution in [2.75, 3.05) is 5.32 Å². The van der Waals surface area contributed by atoms with Crippen LogP contribution in [0.1, 0.15) is 6.92 Å². The lowest BCUT2D eigenvalue weighted by atomic mass is 10.0. The largest absolute Gasteiger partial charge is 0.420 e. The summed E-state index contributed by atoms with van der Waals surface area (Å²) in [5.41, 5.74) is 1.79. The molecule has 17 heavy (non-hydrogen) atoms. The molecule has 3 nitrogen and oxygen atoms in total. The Labute approximate surface area is 94.6 Å². The van der Waals surface area contributed by atoms with Gasteiger partial charge in [-0.15, -0.1) is 0 Å². The van der Waals surface area contributed by atoms with E-state index in [-0.39, 0.29) is 5.69 Å².